The topological polar surface area (TPSA) is 58.2 Å². The molecular formula is C18H22ClN3O2. The first-order chi connectivity index (χ1) is 11.6. The zero-order chi connectivity index (χ0) is 16.9. The lowest BCUT2D eigenvalue weighted by Gasteiger charge is -2.33. The second-order valence-corrected chi connectivity index (χ2v) is 6.65. The van der Waals surface area contributed by atoms with Crippen molar-refractivity contribution in [3.05, 3.63) is 47.5 Å². The smallest absolute Gasteiger partial charge is 0.263 e. The van der Waals surface area contributed by atoms with Crippen LogP contribution in [0, 0.1) is 5.92 Å². The van der Waals surface area contributed by atoms with Crippen molar-refractivity contribution < 1.29 is 9.53 Å². The number of para-hydroxylation sites is 1. The molecule has 0 aliphatic carbocycles. The number of imidazole rings is 1. The highest BCUT2D eigenvalue weighted by Gasteiger charge is 2.27. The van der Waals surface area contributed by atoms with Crippen molar-refractivity contribution in [2.24, 2.45) is 5.92 Å². The fourth-order valence-corrected chi connectivity index (χ4v) is 3.28. The lowest BCUT2D eigenvalue weighted by Crippen LogP contribution is -2.45. The zero-order valence-corrected chi connectivity index (χ0v) is 14.5. The summed E-state index contributed by atoms with van der Waals surface area (Å²) in [6, 6.07) is 7.23. The molecule has 1 aromatic carbocycles. The van der Waals surface area contributed by atoms with Crippen LogP contribution in [0.1, 0.15) is 25.5 Å². The maximum Gasteiger partial charge on any atom is 0.263 e. The normalized spacial score (nSPS) is 16.8. The van der Waals surface area contributed by atoms with Crippen molar-refractivity contribution in [1.82, 2.24) is 14.9 Å². The van der Waals surface area contributed by atoms with Gasteiger partial charge in [-0.25, -0.2) is 4.98 Å². The number of rotatable bonds is 5. The molecule has 1 aromatic heterocycles. The Kier molecular flexibility index (Phi) is 5.41. The van der Waals surface area contributed by atoms with E-state index in [1.54, 1.807) is 25.4 Å². The van der Waals surface area contributed by atoms with Crippen LogP contribution in [0.3, 0.4) is 0 Å². The number of hydrogen-bond donors (Lipinski definition) is 1. The second kappa shape index (κ2) is 7.71. The van der Waals surface area contributed by atoms with E-state index < -0.39 is 6.10 Å². The molecule has 5 nitrogen and oxygen atoms in total. The summed E-state index contributed by atoms with van der Waals surface area (Å²) in [5.41, 5.74) is 1.16. The van der Waals surface area contributed by atoms with E-state index in [1.165, 1.54) is 0 Å². The molecule has 1 amide bonds. The fraction of sp³-hybridized carbons (Fsp3) is 0.444. The lowest BCUT2D eigenvalue weighted by molar-refractivity contribution is -0.139. The molecule has 0 spiro atoms. The fourth-order valence-electron chi connectivity index (χ4n) is 3.10. The van der Waals surface area contributed by atoms with Crippen molar-refractivity contribution in [2.45, 2.75) is 32.3 Å². The number of halogens is 1. The second-order valence-electron chi connectivity index (χ2n) is 6.24. The van der Waals surface area contributed by atoms with E-state index >= 15 is 0 Å². The van der Waals surface area contributed by atoms with Crippen LogP contribution in [0.25, 0.3) is 0 Å². The summed E-state index contributed by atoms with van der Waals surface area (Å²) in [7, 11) is 0. The van der Waals surface area contributed by atoms with Crippen LogP contribution in [-0.2, 0) is 11.2 Å². The van der Waals surface area contributed by atoms with Crippen molar-refractivity contribution in [3.8, 4) is 5.75 Å². The molecule has 1 saturated heterocycles. The number of ether oxygens (including phenoxy) is 1. The van der Waals surface area contributed by atoms with Crippen LogP contribution in [-0.4, -0.2) is 40.0 Å². The van der Waals surface area contributed by atoms with Crippen LogP contribution in [0.2, 0.25) is 5.02 Å². The molecule has 1 fully saturated rings. The van der Waals surface area contributed by atoms with E-state index in [2.05, 4.69) is 9.97 Å². The van der Waals surface area contributed by atoms with Gasteiger partial charge in [0.1, 0.15) is 5.75 Å². The summed E-state index contributed by atoms with van der Waals surface area (Å²) >= 11 is 6.09. The lowest BCUT2D eigenvalue weighted by atomic mass is 9.92. The first-order valence-electron chi connectivity index (χ1n) is 8.30. The Morgan fingerprint density at radius 3 is 2.83 bits per heavy atom. The molecule has 24 heavy (non-hydrogen) atoms. The summed E-state index contributed by atoms with van der Waals surface area (Å²) < 4.78 is 5.74. The molecule has 6 heteroatoms. The molecule has 128 valence electrons. The van der Waals surface area contributed by atoms with Crippen LogP contribution in [0.15, 0.2) is 36.8 Å². The van der Waals surface area contributed by atoms with Gasteiger partial charge in [-0.15, -0.1) is 0 Å². The number of aromatic nitrogens is 2. The van der Waals surface area contributed by atoms with Crippen LogP contribution in [0.4, 0.5) is 0 Å². The van der Waals surface area contributed by atoms with Crippen molar-refractivity contribution in [3.63, 3.8) is 0 Å². The minimum Gasteiger partial charge on any atom is -0.479 e. The number of nitrogens with one attached hydrogen (secondary N) is 1. The number of hydrogen-bond acceptors (Lipinski definition) is 3. The third kappa shape index (κ3) is 4.09. The van der Waals surface area contributed by atoms with E-state index in [0.717, 1.165) is 38.0 Å². The van der Waals surface area contributed by atoms with E-state index in [0.29, 0.717) is 16.7 Å². The van der Waals surface area contributed by atoms with Crippen LogP contribution in [0.5, 0.6) is 5.75 Å². The highest BCUT2D eigenvalue weighted by atomic mass is 35.5. The average molecular weight is 348 g/mol. The Bertz CT molecular complexity index is 667. The van der Waals surface area contributed by atoms with Crippen molar-refractivity contribution >= 4 is 17.5 Å². The van der Waals surface area contributed by atoms with Gasteiger partial charge in [0.25, 0.3) is 5.91 Å². The van der Waals surface area contributed by atoms with Gasteiger partial charge >= 0.3 is 0 Å². The minimum atomic E-state index is -0.533. The standard InChI is InChI=1S/C18H22ClN3O2/c1-13(24-17-5-3-2-4-16(17)19)18(23)22-8-6-14(7-9-22)10-15-11-20-12-21-15/h2-5,11-14H,6-10H2,1H3,(H,20,21). The molecule has 1 atom stereocenters. The Balaban J connectivity index is 1.50. The number of piperidine rings is 1. The number of carbonyl (C=O) groups excluding carboxylic acids is 1. The molecule has 0 radical (unpaired) electrons. The highest BCUT2D eigenvalue weighted by molar-refractivity contribution is 6.32. The Morgan fingerprint density at radius 2 is 2.17 bits per heavy atom. The molecule has 1 N–H and O–H groups in total. The summed E-state index contributed by atoms with van der Waals surface area (Å²) in [4.78, 5) is 21.7. The van der Waals surface area contributed by atoms with Gasteiger partial charge in [-0.05, 0) is 44.2 Å². The summed E-state index contributed by atoms with van der Waals surface area (Å²) in [6.45, 7) is 3.32. The van der Waals surface area contributed by atoms with Gasteiger partial charge in [0.05, 0.1) is 11.3 Å². The van der Waals surface area contributed by atoms with Gasteiger partial charge in [-0.2, -0.15) is 0 Å². The van der Waals surface area contributed by atoms with Gasteiger partial charge in [0.15, 0.2) is 6.10 Å². The van der Waals surface area contributed by atoms with Crippen molar-refractivity contribution in [2.75, 3.05) is 13.1 Å². The van der Waals surface area contributed by atoms with E-state index in [1.807, 2.05) is 23.2 Å². The minimum absolute atomic E-state index is 0.0231. The molecule has 1 aliphatic rings. The molecule has 1 unspecified atom stereocenters. The predicted octanol–water partition coefficient (Wildman–Crippen LogP) is 3.31. The Labute approximate surface area is 147 Å². The molecule has 3 rings (SSSR count). The van der Waals surface area contributed by atoms with E-state index in [4.69, 9.17) is 16.3 Å². The zero-order valence-electron chi connectivity index (χ0n) is 13.7. The highest BCUT2D eigenvalue weighted by Crippen LogP contribution is 2.26. The number of nitrogens with zero attached hydrogens (tertiary/aromatic N) is 2. The van der Waals surface area contributed by atoms with E-state index in [-0.39, 0.29) is 5.91 Å². The van der Waals surface area contributed by atoms with Gasteiger partial charge in [-0.3, -0.25) is 4.79 Å². The third-order valence-electron chi connectivity index (χ3n) is 4.48. The van der Waals surface area contributed by atoms with Crippen LogP contribution >= 0.6 is 11.6 Å². The maximum absolute atomic E-state index is 12.6. The number of amides is 1. The van der Waals surface area contributed by atoms with Crippen LogP contribution < -0.4 is 4.74 Å². The third-order valence-corrected chi connectivity index (χ3v) is 4.79. The van der Waals surface area contributed by atoms with E-state index in [9.17, 15) is 4.79 Å². The van der Waals surface area contributed by atoms with Gasteiger partial charge in [0.2, 0.25) is 0 Å². The summed E-state index contributed by atoms with van der Waals surface area (Å²) in [5.74, 6) is 1.17. The number of aromatic amines is 1. The number of benzene rings is 1. The molecule has 2 heterocycles. The molecule has 0 bridgehead atoms. The monoisotopic (exact) mass is 347 g/mol. The van der Waals surface area contributed by atoms with Gasteiger partial charge in [-0.1, -0.05) is 23.7 Å². The number of carbonyl (C=O) groups is 1. The SMILES string of the molecule is CC(Oc1ccccc1Cl)C(=O)N1CCC(Cc2cnc[nH]2)CC1. The molecule has 0 saturated carbocycles. The number of H-pyrrole nitrogens is 1. The summed E-state index contributed by atoms with van der Waals surface area (Å²) in [5, 5.41) is 0.524. The molecular weight excluding hydrogens is 326 g/mol. The van der Waals surface area contributed by atoms with Crippen molar-refractivity contribution in [1.29, 1.82) is 0 Å². The van der Waals surface area contributed by atoms with Gasteiger partial charge in [0, 0.05) is 25.0 Å². The summed E-state index contributed by atoms with van der Waals surface area (Å²) in [6.07, 6.45) is 6.05. The predicted molar refractivity (Wildman–Crippen MR) is 93.1 cm³/mol. The number of likely N-dealkylation sites (tertiary alicyclic amines) is 1. The first-order valence-corrected chi connectivity index (χ1v) is 8.68. The average Bonchev–Trinajstić information content (AvgIpc) is 3.10. The quantitative estimate of drug-likeness (QED) is 0.902. The van der Waals surface area contributed by atoms with Gasteiger partial charge < -0.3 is 14.6 Å². The largest absolute Gasteiger partial charge is 0.479 e. The maximum atomic E-state index is 12.6. The Hall–Kier alpha value is -2.01. The molecule has 1 aliphatic heterocycles. The molecule has 2 aromatic rings. The Morgan fingerprint density at radius 1 is 1.42 bits per heavy atom. The first kappa shape index (κ1) is 16.8.